The number of para-hydroxylation sites is 1. The summed E-state index contributed by atoms with van der Waals surface area (Å²) in [7, 11) is 0. The van der Waals surface area contributed by atoms with Crippen molar-refractivity contribution < 1.29 is 18.9 Å². The van der Waals surface area contributed by atoms with Crippen LogP contribution < -0.4 is 9.47 Å². The Kier molecular flexibility index (Phi) is 37.6. The Morgan fingerprint density at radius 1 is 0.241 bits per heavy atom. The number of epoxide rings is 1. The number of hydrogen-bond donors (Lipinski definition) is 0. The summed E-state index contributed by atoms with van der Waals surface area (Å²) in [5.41, 5.74) is 10.7. The molecule has 0 spiro atoms. The predicted molar refractivity (Wildman–Crippen MR) is 608 cm³/mol. The first-order valence-electron chi connectivity index (χ1n) is 59.8. The van der Waals surface area contributed by atoms with Crippen molar-refractivity contribution in [1.82, 2.24) is 0 Å². The summed E-state index contributed by atoms with van der Waals surface area (Å²) in [5.74, 6) is 27.0. The number of aryl methyl sites for hydroxylation is 3. The average molecular weight is 1940 g/mol. The number of unbranched alkanes of at least 4 members (excludes halogenated alkanes) is 5. The number of ether oxygens (including phenoxy) is 4. The van der Waals surface area contributed by atoms with Crippen molar-refractivity contribution in [3.63, 3.8) is 0 Å². The van der Waals surface area contributed by atoms with Crippen molar-refractivity contribution in [3.05, 3.63) is 362 Å². The monoisotopic (exact) mass is 1940 g/mol. The van der Waals surface area contributed by atoms with Crippen molar-refractivity contribution in [2.75, 3.05) is 13.2 Å². The third-order valence-corrected chi connectivity index (χ3v) is 38.9. The van der Waals surface area contributed by atoms with Gasteiger partial charge in [-0.1, -0.05) is 380 Å². The van der Waals surface area contributed by atoms with Crippen LogP contribution in [0.25, 0.3) is 22.3 Å². The molecule has 1 saturated heterocycles. The largest absolute Gasteiger partial charge is 0.494 e. The molecule has 20 aliphatic rings. The lowest BCUT2D eigenvalue weighted by atomic mass is 9.74. The second-order valence-corrected chi connectivity index (χ2v) is 48.8. The Hall–Kier alpha value is -9.06. The summed E-state index contributed by atoms with van der Waals surface area (Å²) in [6, 6.07) is 80.9. The van der Waals surface area contributed by atoms with E-state index in [0.717, 1.165) is 185 Å². The van der Waals surface area contributed by atoms with Gasteiger partial charge < -0.3 is 18.9 Å². The zero-order chi connectivity index (χ0) is 97.9. The van der Waals surface area contributed by atoms with Gasteiger partial charge in [-0.3, -0.25) is 0 Å². The van der Waals surface area contributed by atoms with Crippen LogP contribution in [-0.4, -0.2) is 31.5 Å². The van der Waals surface area contributed by atoms with Gasteiger partial charge in [-0.2, -0.15) is 0 Å². The Morgan fingerprint density at radius 3 is 1.02 bits per heavy atom. The minimum atomic E-state index is 0.472. The molecule has 0 aromatic heterocycles. The van der Waals surface area contributed by atoms with Crippen molar-refractivity contribution in [2.24, 2.45) is 160 Å². The minimum absolute atomic E-state index is 0.472. The molecule has 4 nitrogen and oxygen atoms in total. The topological polar surface area (TPSA) is 40.2 Å². The highest BCUT2D eigenvalue weighted by Gasteiger charge is 2.50. The molecule has 0 N–H and O–H groups in total. The lowest BCUT2D eigenvalue weighted by Gasteiger charge is -2.29. The van der Waals surface area contributed by atoms with Crippen molar-refractivity contribution in [1.29, 1.82) is 0 Å². The average Bonchev–Trinajstić information content (AvgIpc) is 1.61. The summed E-state index contributed by atoms with van der Waals surface area (Å²) in [6.45, 7) is 7.02. The summed E-state index contributed by atoms with van der Waals surface area (Å²) in [5, 5.41) is 0. The third kappa shape index (κ3) is 29.4. The second-order valence-electron chi connectivity index (χ2n) is 48.8. The summed E-state index contributed by atoms with van der Waals surface area (Å²) in [4.78, 5) is 0. The molecule has 10 saturated carbocycles. The van der Waals surface area contributed by atoms with E-state index in [4.69, 9.17) is 18.9 Å². The van der Waals surface area contributed by atoms with Crippen LogP contribution in [0.4, 0.5) is 0 Å². The molecule has 4 heteroatoms. The highest BCUT2D eigenvalue weighted by atomic mass is 16.6. The third-order valence-electron chi connectivity index (χ3n) is 38.9. The molecule has 1 aliphatic heterocycles. The molecular formula is C141H178O4. The molecule has 766 valence electrons. The molecule has 30 atom stereocenters. The van der Waals surface area contributed by atoms with Crippen LogP contribution in [0.1, 0.15) is 274 Å². The first-order chi connectivity index (χ1) is 71.6. The standard InChI is InChI=1S/2C21H22O.C17H22.C16H20.C15H18.C14H16O.C13H18O.C13H22.C11H18/c1-2-6-17(7-3-1)20-8-4-5-9-21(20)22-13-12-19-15-16-10-11-18(19)14-16;1-2-4-17(5-3-1)18-8-10-21(11-9-18)22-13-12-20-15-16-6-7-19(20)14-16;1-2-6-14(7-3-1)8-4-5-9-16-12-15-10-11-17(16)13-15;1-2-5-13(6-3-1)7-4-8-15-11-14-9-10-16(15)12-14;1-2-4-12(5-3-1)6-8-14-10-13-7-9-15(14)11-13;1-2-4-11(5-3-1)10-15-14-9-12-6-7-13(14)8-12;1-2-9-5-8(1)6-11(9)10-3-4-12-13(7-10)14-12;1-2-3-4-5-6-12-9-11-7-8-13(12)10-11;1-2-3-4-10-7-9-5-6-11(10)8-9/h1-11,16,18-19H,12-15H2;1-11,16,19-20H,12-15H2;1-3,6-7,10-11,15-17H,4-5,8-9,12-13H2;1-3,5-6,9-10,14-16H,4,7-8,11-12H2;1-5,7,9,13-15H,6,8,10-11H2;1-7,12-14H,8-10H2;1-2,8-13H,3-7H2;7-8,11-13H,2-6,9-10H2,1H3;5-6,9-11H,2-4,7-8H2,1H3. The van der Waals surface area contributed by atoms with Gasteiger partial charge in [0.05, 0.1) is 38.1 Å². The van der Waals surface area contributed by atoms with Gasteiger partial charge in [-0.05, 0) is 423 Å². The maximum atomic E-state index is 6.14. The van der Waals surface area contributed by atoms with Crippen LogP contribution >= 0.6 is 0 Å². The molecule has 11 fully saturated rings. The number of benzene rings is 8. The molecule has 0 amide bonds. The van der Waals surface area contributed by atoms with E-state index in [-0.39, 0.29) is 0 Å². The maximum Gasteiger partial charge on any atom is 0.127 e. The quantitative estimate of drug-likeness (QED) is 0.0229. The molecular weight excluding hydrogens is 1760 g/mol. The molecule has 19 aliphatic carbocycles. The molecule has 28 rings (SSSR count). The highest BCUT2D eigenvalue weighted by molar-refractivity contribution is 5.70. The van der Waals surface area contributed by atoms with E-state index in [0.29, 0.717) is 24.2 Å². The lowest BCUT2D eigenvalue weighted by molar-refractivity contribution is 0.0245. The number of fused-ring (bicyclic) bond motifs is 19. The number of rotatable bonds is 34. The van der Waals surface area contributed by atoms with E-state index in [9.17, 15) is 0 Å². The van der Waals surface area contributed by atoms with E-state index in [2.05, 4.69) is 342 Å². The number of hydrogen-bond acceptors (Lipinski definition) is 4. The van der Waals surface area contributed by atoms with Crippen molar-refractivity contribution in [2.45, 2.75) is 296 Å². The minimum Gasteiger partial charge on any atom is -0.494 e. The summed E-state index contributed by atoms with van der Waals surface area (Å²) < 4.78 is 23.7. The fourth-order valence-electron chi connectivity index (χ4n) is 30.8. The van der Waals surface area contributed by atoms with Crippen LogP contribution in [0.2, 0.25) is 0 Å². The van der Waals surface area contributed by atoms with Gasteiger partial charge in [0.2, 0.25) is 0 Å². The van der Waals surface area contributed by atoms with Gasteiger partial charge >= 0.3 is 0 Å². The lowest BCUT2D eigenvalue weighted by Crippen LogP contribution is -2.24. The fraction of sp³-hybridized carbons (Fsp3) is 0.532. The van der Waals surface area contributed by atoms with Gasteiger partial charge in [0.15, 0.2) is 0 Å². The first kappa shape index (κ1) is 103. The SMILES string of the molecule is C1=CC2CC1CC2C1CCC2OC2C1.C1=CC2CC1CC2CCCCc1ccccc1.C1=CC2CC1CC2CCCc1ccccc1.C1=CC2CC1CC2CCOc1ccc(-c2ccccc2)cc1.C1=CC2CC1CC2CCOc1ccccc1-c1ccccc1.C1=CC2CC1CC2CCc1ccccc1.C1=CC2CC1CC2OCc1ccccc1.CCCCC1CC2C=CC1C2.CCCCCCC1CC2C=CC1C2. The first-order valence-corrected chi connectivity index (χ1v) is 59.8. The normalized spacial score (nSPS) is 33.4. The molecule has 8 aromatic rings. The van der Waals surface area contributed by atoms with Crippen molar-refractivity contribution in [3.8, 4) is 33.8 Å². The van der Waals surface area contributed by atoms with Crippen LogP contribution in [0.3, 0.4) is 0 Å². The maximum absolute atomic E-state index is 6.14. The predicted octanol–water partition coefficient (Wildman–Crippen LogP) is 36.8. The smallest absolute Gasteiger partial charge is 0.127 e. The highest BCUT2D eigenvalue weighted by Crippen LogP contribution is 2.56. The molecule has 30 unspecified atom stereocenters. The Bertz CT molecular complexity index is 5370. The zero-order valence-electron chi connectivity index (χ0n) is 88.7. The molecule has 18 bridgehead atoms. The molecule has 0 radical (unpaired) electrons. The van der Waals surface area contributed by atoms with E-state index in [1.54, 1.807) is 0 Å². The molecule has 8 aromatic carbocycles. The summed E-state index contributed by atoms with van der Waals surface area (Å²) in [6.07, 6.45) is 102. The van der Waals surface area contributed by atoms with Crippen LogP contribution in [0, 0.1) is 160 Å². The van der Waals surface area contributed by atoms with Gasteiger partial charge in [0, 0.05) is 11.5 Å². The fourth-order valence-corrected chi connectivity index (χ4v) is 30.8. The van der Waals surface area contributed by atoms with Gasteiger partial charge in [-0.15, -0.1) is 0 Å². The van der Waals surface area contributed by atoms with Gasteiger partial charge in [0.1, 0.15) is 11.5 Å². The van der Waals surface area contributed by atoms with E-state index in [1.807, 2.05) is 12.1 Å². The van der Waals surface area contributed by atoms with Crippen LogP contribution in [-0.2, 0) is 35.3 Å². The Labute approximate surface area is 877 Å². The van der Waals surface area contributed by atoms with Crippen LogP contribution in [0.5, 0.6) is 11.5 Å². The summed E-state index contributed by atoms with van der Waals surface area (Å²) >= 11 is 0. The zero-order valence-corrected chi connectivity index (χ0v) is 88.7. The van der Waals surface area contributed by atoms with Gasteiger partial charge in [0.25, 0.3) is 0 Å². The van der Waals surface area contributed by atoms with E-state index in [1.165, 1.54) is 301 Å². The van der Waals surface area contributed by atoms with Crippen molar-refractivity contribution >= 4 is 0 Å². The van der Waals surface area contributed by atoms with Gasteiger partial charge in [-0.25, -0.2) is 0 Å². The molecule has 1 heterocycles. The Morgan fingerprint density at radius 2 is 0.600 bits per heavy atom. The van der Waals surface area contributed by atoms with E-state index >= 15 is 0 Å². The number of allylic oxidation sites excluding steroid dienone is 17. The second kappa shape index (κ2) is 52.9. The van der Waals surface area contributed by atoms with E-state index < -0.39 is 0 Å². The molecule has 145 heavy (non-hydrogen) atoms. The Balaban J connectivity index is 0.000000100. The van der Waals surface area contributed by atoms with Crippen LogP contribution in [0.15, 0.2) is 340 Å².